The second kappa shape index (κ2) is 6.05. The van der Waals surface area contributed by atoms with E-state index in [0.29, 0.717) is 0 Å². The normalized spacial score (nSPS) is 10.5. The second-order valence-corrected chi connectivity index (χ2v) is 4.81. The Morgan fingerprint density at radius 3 is 2.67 bits per heavy atom. The molecule has 2 rings (SSSR count). The molecule has 2 aromatic rings. The molecular weight excluding hydrogens is 302 g/mol. The van der Waals surface area contributed by atoms with Crippen molar-refractivity contribution in [1.29, 1.82) is 0 Å². The third-order valence-electron chi connectivity index (χ3n) is 3.02. The van der Waals surface area contributed by atoms with Crippen LogP contribution in [0.25, 0.3) is 0 Å². The molecule has 0 heterocycles. The van der Waals surface area contributed by atoms with Crippen molar-refractivity contribution in [2.24, 2.45) is 0 Å². The minimum absolute atomic E-state index is 0.158. The predicted molar refractivity (Wildman–Crippen MR) is 76.5 cm³/mol. The smallest absolute Gasteiger partial charge is 0.275 e. The molecule has 0 unspecified atom stereocenters. The maximum atomic E-state index is 13.9. The first-order chi connectivity index (χ1) is 9.91. The zero-order valence-electron chi connectivity index (χ0n) is 11.0. The highest BCUT2D eigenvalue weighted by Gasteiger charge is 2.18. The van der Waals surface area contributed by atoms with Crippen molar-refractivity contribution in [2.45, 2.75) is 13.5 Å². The molecule has 7 heteroatoms. The number of hydrogen-bond acceptors (Lipinski definition) is 3. The fourth-order valence-corrected chi connectivity index (χ4v) is 2.13. The number of aryl methyl sites for hydroxylation is 1. The zero-order chi connectivity index (χ0) is 15.6. The molecule has 1 N–H and O–H groups in total. The lowest BCUT2D eigenvalue weighted by molar-refractivity contribution is -0.385. The van der Waals surface area contributed by atoms with Gasteiger partial charge in [0.2, 0.25) is 0 Å². The van der Waals surface area contributed by atoms with Crippen molar-refractivity contribution >= 4 is 23.0 Å². The van der Waals surface area contributed by atoms with Gasteiger partial charge in [-0.25, -0.2) is 8.78 Å². The summed E-state index contributed by atoms with van der Waals surface area (Å²) in [5, 5.41) is 13.6. The molecule has 110 valence electrons. The molecular formula is C14H11ClF2N2O2. The van der Waals surface area contributed by atoms with E-state index in [1.807, 2.05) is 0 Å². The zero-order valence-corrected chi connectivity index (χ0v) is 11.7. The number of anilines is 1. The van der Waals surface area contributed by atoms with Gasteiger partial charge in [0.05, 0.1) is 15.5 Å². The van der Waals surface area contributed by atoms with Gasteiger partial charge in [0.15, 0.2) is 5.82 Å². The van der Waals surface area contributed by atoms with Crippen molar-refractivity contribution in [3.05, 3.63) is 68.2 Å². The quantitative estimate of drug-likeness (QED) is 0.670. The summed E-state index contributed by atoms with van der Waals surface area (Å²) in [6.07, 6.45) is 0. The molecule has 0 fully saturated rings. The largest absolute Gasteiger partial charge is 0.376 e. The average molecular weight is 313 g/mol. The monoisotopic (exact) mass is 312 g/mol. The van der Waals surface area contributed by atoms with E-state index in [2.05, 4.69) is 5.32 Å². The maximum absolute atomic E-state index is 13.9. The molecule has 0 atom stereocenters. The van der Waals surface area contributed by atoms with E-state index >= 15 is 0 Å². The van der Waals surface area contributed by atoms with Gasteiger partial charge in [-0.05, 0) is 24.6 Å². The van der Waals surface area contributed by atoms with Crippen LogP contribution in [0.3, 0.4) is 0 Å². The van der Waals surface area contributed by atoms with E-state index in [1.165, 1.54) is 31.2 Å². The van der Waals surface area contributed by atoms with Crippen LogP contribution in [0.1, 0.15) is 11.1 Å². The predicted octanol–water partition coefficient (Wildman–Crippen LogP) is 4.45. The first kappa shape index (κ1) is 15.2. The summed E-state index contributed by atoms with van der Waals surface area (Å²) in [7, 11) is 0. The van der Waals surface area contributed by atoms with Gasteiger partial charge >= 0.3 is 0 Å². The van der Waals surface area contributed by atoms with Gasteiger partial charge < -0.3 is 5.32 Å². The highest BCUT2D eigenvalue weighted by molar-refractivity contribution is 6.31. The van der Waals surface area contributed by atoms with Crippen LogP contribution in [0.5, 0.6) is 0 Å². The van der Waals surface area contributed by atoms with Crippen LogP contribution in [0.2, 0.25) is 5.02 Å². The van der Waals surface area contributed by atoms with Gasteiger partial charge in [-0.15, -0.1) is 0 Å². The van der Waals surface area contributed by atoms with E-state index < -0.39 is 16.6 Å². The first-order valence-electron chi connectivity index (χ1n) is 6.02. The Kier molecular flexibility index (Phi) is 4.37. The van der Waals surface area contributed by atoms with Gasteiger partial charge in [-0.2, -0.15) is 0 Å². The molecule has 0 amide bonds. The Hall–Kier alpha value is -2.21. The van der Waals surface area contributed by atoms with E-state index in [0.717, 1.165) is 6.07 Å². The lowest BCUT2D eigenvalue weighted by Crippen LogP contribution is -2.07. The number of benzene rings is 2. The van der Waals surface area contributed by atoms with Crippen LogP contribution in [0, 0.1) is 28.7 Å². The summed E-state index contributed by atoms with van der Waals surface area (Å²) < 4.78 is 27.5. The number of nitrogens with one attached hydrogen (secondary N) is 1. The molecule has 0 radical (unpaired) electrons. The van der Waals surface area contributed by atoms with Crippen LogP contribution < -0.4 is 5.32 Å². The number of nitro benzene ring substituents is 1. The number of nitro groups is 1. The number of halogens is 3. The maximum Gasteiger partial charge on any atom is 0.275 e. The van der Waals surface area contributed by atoms with Crippen molar-refractivity contribution in [1.82, 2.24) is 0 Å². The van der Waals surface area contributed by atoms with Crippen LogP contribution in [0.15, 0.2) is 30.3 Å². The highest BCUT2D eigenvalue weighted by atomic mass is 35.5. The lowest BCUT2D eigenvalue weighted by Gasteiger charge is -2.11. The lowest BCUT2D eigenvalue weighted by atomic mass is 10.1. The van der Waals surface area contributed by atoms with Crippen molar-refractivity contribution in [3.63, 3.8) is 0 Å². The van der Waals surface area contributed by atoms with Gasteiger partial charge in [0, 0.05) is 12.6 Å². The molecule has 0 aliphatic rings. The Labute approximate surface area is 124 Å². The minimum atomic E-state index is -0.771. The summed E-state index contributed by atoms with van der Waals surface area (Å²) in [6, 6.07) is 6.65. The number of nitrogens with zero attached hydrogens (tertiary/aromatic N) is 1. The fraction of sp³-hybridized carbons (Fsp3) is 0.143. The van der Waals surface area contributed by atoms with Crippen molar-refractivity contribution in [2.75, 3.05) is 5.32 Å². The van der Waals surface area contributed by atoms with Gasteiger partial charge in [0.1, 0.15) is 11.5 Å². The third-order valence-corrected chi connectivity index (χ3v) is 3.37. The van der Waals surface area contributed by atoms with Gasteiger partial charge in [-0.3, -0.25) is 10.1 Å². The SMILES string of the molecule is Cc1ccc(F)c(NCc2c(Cl)cccc2[N+](=O)[O-])c1F. The molecule has 2 aromatic carbocycles. The summed E-state index contributed by atoms with van der Waals surface area (Å²) in [5.41, 5.74) is -0.0929. The first-order valence-corrected chi connectivity index (χ1v) is 6.40. The third kappa shape index (κ3) is 3.11. The molecule has 0 spiro atoms. The van der Waals surface area contributed by atoms with Crippen LogP contribution >= 0.6 is 11.6 Å². The Balaban J connectivity index is 2.34. The fourth-order valence-electron chi connectivity index (χ4n) is 1.89. The summed E-state index contributed by atoms with van der Waals surface area (Å²) in [4.78, 5) is 10.4. The standard InChI is InChI=1S/C14H11ClF2N2O2/c1-8-5-6-11(16)14(13(8)17)18-7-9-10(15)3-2-4-12(9)19(20)21/h2-6,18H,7H2,1H3. The van der Waals surface area contributed by atoms with Crippen molar-refractivity contribution < 1.29 is 13.7 Å². The Bertz CT molecular complexity index is 708. The van der Waals surface area contributed by atoms with Gasteiger partial charge in [0.25, 0.3) is 5.69 Å². The topological polar surface area (TPSA) is 55.2 Å². The number of hydrogen-bond donors (Lipinski definition) is 1. The molecule has 0 bridgehead atoms. The summed E-state index contributed by atoms with van der Waals surface area (Å²) in [5.74, 6) is -1.50. The molecule has 0 saturated heterocycles. The summed E-state index contributed by atoms with van der Waals surface area (Å²) in [6.45, 7) is 1.34. The van der Waals surface area contributed by atoms with Crippen LogP contribution in [0.4, 0.5) is 20.2 Å². The van der Waals surface area contributed by atoms with Gasteiger partial charge in [-0.1, -0.05) is 23.7 Å². The molecule has 0 aliphatic heterocycles. The van der Waals surface area contributed by atoms with Crippen LogP contribution in [-0.4, -0.2) is 4.92 Å². The Morgan fingerprint density at radius 2 is 2.00 bits per heavy atom. The molecule has 0 saturated carbocycles. The molecule has 0 aliphatic carbocycles. The molecule has 0 aromatic heterocycles. The molecule has 4 nitrogen and oxygen atoms in total. The van der Waals surface area contributed by atoms with E-state index in [-0.39, 0.29) is 34.1 Å². The highest BCUT2D eigenvalue weighted by Crippen LogP contribution is 2.28. The summed E-state index contributed by atoms with van der Waals surface area (Å²) >= 11 is 5.92. The number of rotatable bonds is 4. The van der Waals surface area contributed by atoms with Crippen molar-refractivity contribution in [3.8, 4) is 0 Å². The average Bonchev–Trinajstić information content (AvgIpc) is 2.44. The van der Waals surface area contributed by atoms with E-state index in [4.69, 9.17) is 11.6 Å². The second-order valence-electron chi connectivity index (χ2n) is 4.40. The molecule has 21 heavy (non-hydrogen) atoms. The van der Waals surface area contributed by atoms with E-state index in [9.17, 15) is 18.9 Å². The Morgan fingerprint density at radius 1 is 1.29 bits per heavy atom. The van der Waals surface area contributed by atoms with E-state index in [1.54, 1.807) is 0 Å². The minimum Gasteiger partial charge on any atom is -0.376 e. The van der Waals surface area contributed by atoms with Crippen LogP contribution in [-0.2, 0) is 6.54 Å².